The molecule has 1 amide bonds. The molecule has 1 fully saturated rings. The van der Waals surface area contributed by atoms with Crippen molar-refractivity contribution in [2.24, 2.45) is 0 Å². The quantitative estimate of drug-likeness (QED) is 0.598. The molecule has 3 aromatic rings. The van der Waals surface area contributed by atoms with E-state index in [9.17, 15) is 9.59 Å². The lowest BCUT2D eigenvalue weighted by Crippen LogP contribution is -2.30. The van der Waals surface area contributed by atoms with Crippen molar-refractivity contribution in [1.29, 1.82) is 0 Å². The van der Waals surface area contributed by atoms with Gasteiger partial charge in [-0.25, -0.2) is 9.97 Å². The molecule has 0 radical (unpaired) electrons. The van der Waals surface area contributed by atoms with E-state index >= 15 is 0 Å². The predicted octanol–water partition coefficient (Wildman–Crippen LogP) is 2.64. The number of aryl methyl sites for hydroxylation is 2. The number of para-hydroxylation sites is 1. The van der Waals surface area contributed by atoms with Gasteiger partial charge < -0.3 is 19.7 Å². The largest absolute Gasteiger partial charge is 0.363 e. The highest BCUT2D eigenvalue weighted by Crippen LogP contribution is 2.23. The van der Waals surface area contributed by atoms with Gasteiger partial charge in [-0.3, -0.25) is 9.59 Å². The first-order valence-corrected chi connectivity index (χ1v) is 11.4. The zero-order valence-electron chi connectivity index (χ0n) is 19.8. The number of hydrogen-bond acceptors (Lipinski definition) is 6. The Hall–Kier alpha value is -3.26. The van der Waals surface area contributed by atoms with Gasteiger partial charge in [0.15, 0.2) is 0 Å². The first-order chi connectivity index (χ1) is 15.8. The zero-order chi connectivity index (χ0) is 23.5. The van der Waals surface area contributed by atoms with Crippen LogP contribution in [0.4, 0.5) is 5.82 Å². The van der Waals surface area contributed by atoms with Crippen molar-refractivity contribution in [2.45, 2.75) is 45.3 Å². The maximum Gasteiger partial charge on any atom is 0.251 e. The molecule has 1 saturated heterocycles. The molecule has 174 valence electrons. The minimum Gasteiger partial charge on any atom is -0.363 e. The van der Waals surface area contributed by atoms with Crippen molar-refractivity contribution in [3.05, 3.63) is 63.8 Å². The Labute approximate surface area is 194 Å². The van der Waals surface area contributed by atoms with Gasteiger partial charge in [0, 0.05) is 51.6 Å². The van der Waals surface area contributed by atoms with Crippen molar-refractivity contribution in [3.63, 3.8) is 0 Å². The van der Waals surface area contributed by atoms with Gasteiger partial charge in [-0.2, -0.15) is 0 Å². The van der Waals surface area contributed by atoms with Crippen LogP contribution in [0.1, 0.15) is 42.4 Å². The van der Waals surface area contributed by atoms with Crippen LogP contribution in [0, 0.1) is 6.92 Å². The van der Waals surface area contributed by atoms with Crippen LogP contribution in [0.15, 0.2) is 41.2 Å². The van der Waals surface area contributed by atoms with Crippen LogP contribution in [0.3, 0.4) is 0 Å². The maximum absolute atomic E-state index is 12.9. The summed E-state index contributed by atoms with van der Waals surface area (Å²) in [6, 6.07) is 11.5. The number of pyridine rings is 1. The fraction of sp³-hybridized carbons (Fsp3) is 0.440. The minimum atomic E-state index is -0.0817. The molecule has 0 spiro atoms. The van der Waals surface area contributed by atoms with E-state index in [2.05, 4.69) is 5.32 Å². The topological polar surface area (TPSA) is 83.4 Å². The fourth-order valence-electron chi connectivity index (χ4n) is 4.34. The number of nitrogens with one attached hydrogen (secondary N) is 1. The van der Waals surface area contributed by atoms with Gasteiger partial charge in [-0.15, -0.1) is 0 Å². The molecule has 4 rings (SSSR count). The molecule has 1 N–H and O–H groups in total. The van der Waals surface area contributed by atoms with Gasteiger partial charge in [0.2, 0.25) is 5.91 Å². The molecule has 8 nitrogen and oxygen atoms in total. The van der Waals surface area contributed by atoms with Crippen molar-refractivity contribution in [1.82, 2.24) is 24.8 Å². The van der Waals surface area contributed by atoms with Crippen molar-refractivity contribution in [3.8, 4) is 0 Å². The van der Waals surface area contributed by atoms with E-state index in [0.29, 0.717) is 13.1 Å². The summed E-state index contributed by atoms with van der Waals surface area (Å²) in [7, 11) is 5.69. The highest BCUT2D eigenvalue weighted by molar-refractivity contribution is 5.82. The van der Waals surface area contributed by atoms with Crippen molar-refractivity contribution >= 4 is 22.6 Å². The minimum absolute atomic E-state index is 0.0305. The van der Waals surface area contributed by atoms with E-state index in [1.54, 1.807) is 22.6 Å². The van der Waals surface area contributed by atoms with E-state index in [1.165, 1.54) is 0 Å². The van der Waals surface area contributed by atoms with Crippen LogP contribution in [0.5, 0.6) is 0 Å². The Morgan fingerprint density at radius 1 is 1.18 bits per heavy atom. The lowest BCUT2D eigenvalue weighted by Gasteiger charge is -2.21. The first kappa shape index (κ1) is 22.9. The Morgan fingerprint density at radius 3 is 2.70 bits per heavy atom. The van der Waals surface area contributed by atoms with E-state index in [1.807, 2.05) is 56.3 Å². The lowest BCUT2D eigenvalue weighted by atomic mass is 10.1. The second-order valence-electron chi connectivity index (χ2n) is 8.95. The molecule has 1 unspecified atom stereocenters. The highest BCUT2D eigenvalue weighted by atomic mass is 16.2. The summed E-state index contributed by atoms with van der Waals surface area (Å²) >= 11 is 0. The molecule has 1 aliphatic rings. The van der Waals surface area contributed by atoms with Crippen molar-refractivity contribution < 1.29 is 4.79 Å². The SMILES string of the molecule is Cc1cc(=O)n(CCC(=O)N(C)Cc2cc(N(C)C)nc(C3CCCN3)n2)c2ccccc12. The number of anilines is 1. The zero-order valence-corrected chi connectivity index (χ0v) is 19.8. The Balaban J connectivity index is 1.49. The molecule has 1 aliphatic heterocycles. The summed E-state index contributed by atoms with van der Waals surface area (Å²) in [6.07, 6.45) is 2.37. The lowest BCUT2D eigenvalue weighted by molar-refractivity contribution is -0.130. The van der Waals surface area contributed by atoms with E-state index in [-0.39, 0.29) is 23.9 Å². The molecule has 3 heterocycles. The third-order valence-electron chi connectivity index (χ3n) is 6.21. The molecule has 1 aromatic carbocycles. The number of carbonyl (C=O) groups is 1. The van der Waals surface area contributed by atoms with E-state index < -0.39 is 0 Å². The summed E-state index contributed by atoms with van der Waals surface area (Å²) < 4.78 is 1.69. The summed E-state index contributed by atoms with van der Waals surface area (Å²) in [5.41, 5.74) is 2.54. The molecular weight excluding hydrogens is 416 g/mol. The Kier molecular flexibility index (Phi) is 6.74. The van der Waals surface area contributed by atoms with Crippen molar-refractivity contribution in [2.75, 3.05) is 32.6 Å². The van der Waals surface area contributed by atoms with Gasteiger partial charge in [-0.05, 0) is 37.9 Å². The number of hydrogen-bond donors (Lipinski definition) is 1. The molecule has 0 saturated carbocycles. The third kappa shape index (κ3) is 5.06. The standard InChI is InChI=1S/C25H32N6O2/c1-17-14-24(33)31(21-10-6-5-8-19(17)21)13-11-23(32)30(4)16-18-15-22(29(2)3)28-25(27-18)20-9-7-12-26-20/h5-6,8,10,14-15,20,26H,7,9,11-13,16H2,1-4H3. The number of aromatic nitrogens is 3. The van der Waals surface area contributed by atoms with Crippen LogP contribution in [-0.2, 0) is 17.9 Å². The molecule has 33 heavy (non-hydrogen) atoms. The highest BCUT2D eigenvalue weighted by Gasteiger charge is 2.21. The summed E-state index contributed by atoms with van der Waals surface area (Å²) in [6.45, 7) is 3.64. The number of benzene rings is 1. The molecule has 0 aliphatic carbocycles. The maximum atomic E-state index is 12.9. The van der Waals surface area contributed by atoms with Gasteiger partial charge in [0.25, 0.3) is 5.56 Å². The van der Waals surface area contributed by atoms with Gasteiger partial charge in [0.1, 0.15) is 11.6 Å². The number of carbonyl (C=O) groups excluding carboxylic acids is 1. The van der Waals surface area contributed by atoms with Gasteiger partial charge >= 0.3 is 0 Å². The average molecular weight is 449 g/mol. The second kappa shape index (κ2) is 9.70. The summed E-state index contributed by atoms with van der Waals surface area (Å²) in [5, 5.41) is 4.48. The average Bonchev–Trinajstić information content (AvgIpc) is 3.33. The fourth-order valence-corrected chi connectivity index (χ4v) is 4.34. The Morgan fingerprint density at radius 2 is 1.97 bits per heavy atom. The number of amides is 1. The number of rotatable bonds is 7. The molecule has 2 aromatic heterocycles. The predicted molar refractivity (Wildman–Crippen MR) is 130 cm³/mol. The van der Waals surface area contributed by atoms with Crippen LogP contribution in [-0.4, -0.2) is 53.0 Å². The molecule has 0 bridgehead atoms. The summed E-state index contributed by atoms with van der Waals surface area (Å²) in [4.78, 5) is 38.6. The molecule has 8 heteroatoms. The normalized spacial score (nSPS) is 15.7. The molecular formula is C25H32N6O2. The van der Waals surface area contributed by atoms with Crippen LogP contribution >= 0.6 is 0 Å². The number of fused-ring (bicyclic) bond motifs is 1. The Bertz CT molecular complexity index is 1210. The van der Waals surface area contributed by atoms with Gasteiger partial charge in [0.05, 0.1) is 23.8 Å². The van der Waals surface area contributed by atoms with Crippen LogP contribution in [0.2, 0.25) is 0 Å². The smallest absolute Gasteiger partial charge is 0.251 e. The van der Waals surface area contributed by atoms with E-state index in [0.717, 1.165) is 53.2 Å². The summed E-state index contributed by atoms with van der Waals surface area (Å²) in [5.74, 6) is 1.59. The van der Waals surface area contributed by atoms with Crippen LogP contribution in [0.25, 0.3) is 10.9 Å². The van der Waals surface area contributed by atoms with Gasteiger partial charge in [-0.1, -0.05) is 18.2 Å². The first-order valence-electron chi connectivity index (χ1n) is 11.4. The van der Waals surface area contributed by atoms with Crippen LogP contribution < -0.4 is 15.8 Å². The molecule has 1 atom stereocenters. The number of nitrogens with zero attached hydrogens (tertiary/aromatic N) is 5. The third-order valence-corrected chi connectivity index (χ3v) is 6.21. The monoisotopic (exact) mass is 448 g/mol. The second-order valence-corrected chi connectivity index (χ2v) is 8.95. The van der Waals surface area contributed by atoms with E-state index in [4.69, 9.17) is 9.97 Å².